The van der Waals surface area contributed by atoms with Gasteiger partial charge in [-0.25, -0.2) is 26.2 Å². The van der Waals surface area contributed by atoms with E-state index in [1.807, 2.05) is 0 Å². The normalized spacial score (nSPS) is 11.6. The van der Waals surface area contributed by atoms with E-state index in [2.05, 4.69) is 4.72 Å². The summed E-state index contributed by atoms with van der Waals surface area (Å²) in [5, 5.41) is 17.9. The van der Waals surface area contributed by atoms with Crippen molar-refractivity contribution in [3.63, 3.8) is 0 Å². The minimum atomic E-state index is -4.62. The lowest BCUT2D eigenvalue weighted by atomic mass is 10.2. The van der Waals surface area contributed by atoms with Gasteiger partial charge in [-0.05, 0) is 36.4 Å². The largest absolute Gasteiger partial charge is 0.492 e. The van der Waals surface area contributed by atoms with E-state index in [4.69, 9.17) is 35.9 Å². The van der Waals surface area contributed by atoms with E-state index in [-0.39, 0.29) is 55.2 Å². The number of ether oxygens (including phenoxy) is 1. The standard InChI is InChI=1S/C25H16ClF3N3O6PS2/c26-5-6-36-19-9-23(29)20-11-25(40-24(20)10-19)41(34,35)32-14-39(33,37-17-3-1-15(12-30)21(27)7-17)38-18-4-2-16(13-31)22(28)8-18/h1-4,7-11,32H,5-6,14H2. The first kappa shape index (κ1) is 30.2. The van der Waals surface area contributed by atoms with Crippen LogP contribution in [0.4, 0.5) is 13.2 Å². The van der Waals surface area contributed by atoms with Gasteiger partial charge in [-0.3, -0.25) is 0 Å². The Hall–Kier alpha value is -3.78. The van der Waals surface area contributed by atoms with Crippen molar-refractivity contribution in [3.8, 4) is 29.4 Å². The molecular formula is C25H16ClF3N3O6PS2. The van der Waals surface area contributed by atoms with Gasteiger partial charge in [-0.2, -0.15) is 15.2 Å². The molecule has 1 aromatic heterocycles. The first-order valence-electron chi connectivity index (χ1n) is 11.3. The van der Waals surface area contributed by atoms with Gasteiger partial charge in [0.25, 0.3) is 10.0 Å². The maximum Gasteiger partial charge on any atom is 0.445 e. The van der Waals surface area contributed by atoms with Crippen LogP contribution >= 0.6 is 30.5 Å². The fourth-order valence-corrected chi connectivity index (χ4v) is 7.91. The van der Waals surface area contributed by atoms with Crippen LogP contribution in [0.5, 0.6) is 17.2 Å². The van der Waals surface area contributed by atoms with E-state index in [1.165, 1.54) is 6.07 Å². The molecule has 1 N–H and O–H groups in total. The maximum atomic E-state index is 14.6. The SMILES string of the molecule is N#Cc1ccc(OP(=O)(CNS(=O)(=O)c2cc3c(F)cc(OCCCl)cc3s2)Oc2ccc(C#N)c(F)c2)cc1F. The molecule has 0 aliphatic carbocycles. The molecule has 0 atom stereocenters. The third-order valence-electron chi connectivity index (χ3n) is 5.21. The van der Waals surface area contributed by atoms with Gasteiger partial charge in [0.15, 0.2) is 0 Å². The highest BCUT2D eigenvalue weighted by Gasteiger charge is 2.32. The molecule has 0 bridgehead atoms. The van der Waals surface area contributed by atoms with Crippen LogP contribution in [-0.2, 0) is 14.6 Å². The van der Waals surface area contributed by atoms with Gasteiger partial charge in [-0.15, -0.1) is 22.9 Å². The van der Waals surface area contributed by atoms with Crippen LogP contribution in [0.25, 0.3) is 10.1 Å². The Morgan fingerprint density at radius 3 is 1.95 bits per heavy atom. The number of nitrogens with zero attached hydrogens (tertiary/aromatic N) is 2. The van der Waals surface area contributed by atoms with Crippen LogP contribution in [-0.4, -0.2) is 27.2 Å². The number of hydrogen-bond acceptors (Lipinski definition) is 9. The van der Waals surface area contributed by atoms with E-state index in [0.29, 0.717) is 11.3 Å². The summed E-state index contributed by atoms with van der Waals surface area (Å²) >= 11 is 6.28. The summed E-state index contributed by atoms with van der Waals surface area (Å²) in [7, 11) is -9.07. The Bertz CT molecular complexity index is 1810. The van der Waals surface area contributed by atoms with Gasteiger partial charge in [-0.1, -0.05) is 0 Å². The first-order valence-corrected chi connectivity index (χ1v) is 15.8. The topological polar surface area (TPSA) is 139 Å². The molecule has 0 saturated carbocycles. The van der Waals surface area contributed by atoms with Crippen LogP contribution in [0.2, 0.25) is 0 Å². The van der Waals surface area contributed by atoms with Crippen LogP contribution in [0.3, 0.4) is 0 Å². The van der Waals surface area contributed by atoms with E-state index in [0.717, 1.165) is 48.5 Å². The molecule has 1 heterocycles. The molecule has 0 radical (unpaired) electrons. The molecule has 4 aromatic rings. The number of rotatable bonds is 11. The molecule has 0 unspecified atom stereocenters. The second-order valence-electron chi connectivity index (χ2n) is 8.03. The summed E-state index contributed by atoms with van der Waals surface area (Å²) in [5.41, 5.74) is -0.674. The van der Waals surface area contributed by atoms with Crippen molar-refractivity contribution < 1.29 is 39.9 Å². The Balaban J connectivity index is 1.64. The van der Waals surface area contributed by atoms with Gasteiger partial charge in [0, 0.05) is 28.3 Å². The van der Waals surface area contributed by atoms with Crippen molar-refractivity contribution in [3.05, 3.63) is 83.2 Å². The van der Waals surface area contributed by atoms with Crippen LogP contribution < -0.4 is 18.5 Å². The number of fused-ring (bicyclic) bond motifs is 1. The first-order chi connectivity index (χ1) is 19.5. The zero-order chi connectivity index (χ0) is 29.8. The van der Waals surface area contributed by atoms with Crippen molar-refractivity contribution in [2.75, 3.05) is 18.8 Å². The Labute approximate surface area is 240 Å². The van der Waals surface area contributed by atoms with E-state index in [9.17, 15) is 26.2 Å². The molecule has 9 nitrogen and oxygen atoms in total. The highest BCUT2D eigenvalue weighted by molar-refractivity contribution is 7.92. The quantitative estimate of drug-likeness (QED) is 0.149. The third-order valence-corrected chi connectivity index (χ3v) is 10.1. The van der Waals surface area contributed by atoms with E-state index < -0.39 is 41.4 Å². The number of sulfonamides is 1. The molecule has 4 rings (SSSR count). The lowest BCUT2D eigenvalue weighted by Crippen LogP contribution is -2.26. The van der Waals surface area contributed by atoms with Crippen molar-refractivity contribution in [2.45, 2.75) is 4.21 Å². The Kier molecular flexibility index (Phi) is 9.12. The number of benzene rings is 3. The van der Waals surface area contributed by atoms with Gasteiger partial charge < -0.3 is 13.8 Å². The highest BCUT2D eigenvalue weighted by Crippen LogP contribution is 2.48. The average molecular weight is 642 g/mol. The zero-order valence-corrected chi connectivity index (χ0v) is 23.7. The second-order valence-corrected chi connectivity index (χ2v) is 13.4. The fraction of sp³-hybridized carbons (Fsp3) is 0.120. The minimum absolute atomic E-state index is 0.00889. The lowest BCUT2D eigenvalue weighted by Gasteiger charge is -2.20. The molecular weight excluding hydrogens is 626 g/mol. The molecule has 0 spiro atoms. The van der Waals surface area contributed by atoms with Crippen LogP contribution in [0.1, 0.15) is 11.1 Å². The van der Waals surface area contributed by atoms with Crippen molar-refractivity contribution in [1.29, 1.82) is 10.5 Å². The summed E-state index contributed by atoms with van der Waals surface area (Å²) in [5.74, 6) is -3.23. The number of hydrogen-bond donors (Lipinski definition) is 1. The van der Waals surface area contributed by atoms with Gasteiger partial charge >= 0.3 is 7.60 Å². The average Bonchev–Trinajstić information content (AvgIpc) is 3.37. The minimum Gasteiger partial charge on any atom is -0.492 e. The molecule has 0 fully saturated rings. The van der Waals surface area contributed by atoms with Crippen molar-refractivity contribution >= 4 is 50.6 Å². The number of nitriles is 2. The number of thiophene rings is 1. The van der Waals surface area contributed by atoms with Crippen LogP contribution in [0, 0.1) is 40.1 Å². The molecule has 0 aliphatic rings. The monoisotopic (exact) mass is 641 g/mol. The zero-order valence-electron chi connectivity index (χ0n) is 20.4. The summed E-state index contributed by atoms with van der Waals surface area (Å²) in [6, 6.07) is 12.5. The summed E-state index contributed by atoms with van der Waals surface area (Å²) in [6.45, 7) is 0.103. The predicted molar refractivity (Wildman–Crippen MR) is 144 cm³/mol. The molecule has 212 valence electrons. The van der Waals surface area contributed by atoms with Gasteiger partial charge in [0.2, 0.25) is 0 Å². The Morgan fingerprint density at radius 2 is 1.44 bits per heavy atom. The molecule has 0 saturated heterocycles. The molecule has 16 heteroatoms. The summed E-state index contributed by atoms with van der Waals surface area (Å²) in [6.07, 6.45) is -1.03. The van der Waals surface area contributed by atoms with Crippen molar-refractivity contribution in [1.82, 2.24) is 4.72 Å². The number of nitrogens with one attached hydrogen (secondary N) is 1. The third kappa shape index (κ3) is 7.11. The molecule has 41 heavy (non-hydrogen) atoms. The van der Waals surface area contributed by atoms with Crippen LogP contribution in [0.15, 0.2) is 58.8 Å². The molecule has 0 aliphatic heterocycles. The highest BCUT2D eigenvalue weighted by atomic mass is 35.5. The fourth-order valence-electron chi connectivity index (χ4n) is 3.35. The summed E-state index contributed by atoms with van der Waals surface area (Å²) < 4.78 is 101. The van der Waals surface area contributed by atoms with E-state index in [1.54, 1.807) is 12.1 Å². The molecule has 3 aromatic carbocycles. The predicted octanol–water partition coefficient (Wildman–Crippen LogP) is 6.27. The van der Waals surface area contributed by atoms with Gasteiger partial charge in [0.05, 0.1) is 17.0 Å². The van der Waals surface area contributed by atoms with Crippen molar-refractivity contribution in [2.24, 2.45) is 0 Å². The Morgan fingerprint density at radius 1 is 0.878 bits per heavy atom. The smallest absolute Gasteiger partial charge is 0.445 e. The second kappa shape index (κ2) is 12.4. The van der Waals surface area contributed by atoms with Gasteiger partial charge in [0.1, 0.15) is 63.9 Å². The number of alkyl halides is 1. The molecule has 0 amide bonds. The maximum absolute atomic E-state index is 14.6. The number of halogens is 4. The van der Waals surface area contributed by atoms with E-state index >= 15 is 0 Å². The summed E-state index contributed by atoms with van der Waals surface area (Å²) in [4.78, 5) is 0. The lowest BCUT2D eigenvalue weighted by molar-refractivity contribution is 0.341.